The van der Waals surface area contributed by atoms with Gasteiger partial charge in [-0.05, 0) is 38.5 Å². The van der Waals surface area contributed by atoms with Crippen LogP contribution in [0.3, 0.4) is 0 Å². The Morgan fingerprint density at radius 3 is 2.35 bits per heavy atom. The lowest BCUT2D eigenvalue weighted by Crippen LogP contribution is -2.60. The average Bonchev–Trinajstić information content (AvgIpc) is 3.34. The molecule has 3 heterocycles. The molecule has 0 aromatic carbocycles. The number of hydrogen-bond acceptors (Lipinski definition) is 5. The van der Waals surface area contributed by atoms with Crippen LogP contribution in [0.2, 0.25) is 0 Å². The lowest BCUT2D eigenvalue weighted by Gasteiger charge is -2.42. The largest absolute Gasteiger partial charge is 0.394 e. The third kappa shape index (κ3) is 4.44. The highest BCUT2D eigenvalue weighted by molar-refractivity contribution is 5.99. The number of aliphatic hydroxyl groups excluding tert-OH is 1. The number of rotatable bonds is 12. The van der Waals surface area contributed by atoms with E-state index in [9.17, 15) is 19.5 Å². The van der Waals surface area contributed by atoms with Crippen molar-refractivity contribution in [3.05, 3.63) is 25.3 Å². The maximum atomic E-state index is 14.5. The molecule has 3 fully saturated rings. The van der Waals surface area contributed by atoms with Crippen molar-refractivity contribution in [3.63, 3.8) is 0 Å². The van der Waals surface area contributed by atoms with Crippen molar-refractivity contribution in [1.29, 1.82) is 0 Å². The number of ether oxygens (including phenoxy) is 1. The summed E-state index contributed by atoms with van der Waals surface area (Å²) in [5, 5.41) is 10.4. The second-order valence-electron chi connectivity index (χ2n) is 11.9. The highest BCUT2D eigenvalue weighted by Gasteiger charge is 2.80. The first kappa shape index (κ1) is 29.4. The van der Waals surface area contributed by atoms with Crippen LogP contribution in [0.4, 0.5) is 0 Å². The van der Waals surface area contributed by atoms with E-state index in [4.69, 9.17) is 4.74 Å². The summed E-state index contributed by atoms with van der Waals surface area (Å²) >= 11 is 0. The molecule has 0 aromatic heterocycles. The van der Waals surface area contributed by atoms with Crippen molar-refractivity contribution < 1.29 is 24.2 Å². The minimum absolute atomic E-state index is 0.0366. The number of likely N-dealkylation sites (tertiary alicyclic amines) is 1. The normalized spacial score (nSPS) is 33.9. The molecule has 0 radical (unpaired) electrons. The number of carbonyl (C=O) groups excluding carboxylic acids is 3. The number of aliphatic hydroxyl groups is 1. The molecule has 2 bridgehead atoms. The van der Waals surface area contributed by atoms with Crippen molar-refractivity contribution in [2.75, 3.05) is 26.7 Å². The lowest BCUT2D eigenvalue weighted by molar-refractivity contribution is -0.159. The molecule has 4 unspecified atom stereocenters. The minimum Gasteiger partial charge on any atom is -0.394 e. The molecule has 0 saturated carbocycles. The molecule has 1 spiro atoms. The topological polar surface area (TPSA) is 90.4 Å². The van der Waals surface area contributed by atoms with Crippen LogP contribution in [0.5, 0.6) is 0 Å². The first-order valence-corrected chi connectivity index (χ1v) is 13.8. The van der Waals surface area contributed by atoms with Gasteiger partial charge >= 0.3 is 0 Å². The third-order valence-corrected chi connectivity index (χ3v) is 9.19. The van der Waals surface area contributed by atoms with Crippen LogP contribution in [0, 0.1) is 23.7 Å². The van der Waals surface area contributed by atoms with Gasteiger partial charge in [0.2, 0.25) is 17.7 Å². The Balaban J connectivity index is 2.20. The van der Waals surface area contributed by atoms with Gasteiger partial charge in [0.05, 0.1) is 30.1 Å². The molecule has 0 aliphatic carbocycles. The molecular weight excluding hydrogens is 470 g/mol. The van der Waals surface area contributed by atoms with E-state index < -0.39 is 35.1 Å². The van der Waals surface area contributed by atoms with Crippen LogP contribution >= 0.6 is 0 Å². The molecule has 8 atom stereocenters. The molecule has 3 aliphatic heterocycles. The Bertz CT molecular complexity index is 921. The van der Waals surface area contributed by atoms with Crippen LogP contribution in [0.25, 0.3) is 0 Å². The fourth-order valence-electron chi connectivity index (χ4n) is 7.19. The van der Waals surface area contributed by atoms with Gasteiger partial charge in [-0.3, -0.25) is 14.4 Å². The van der Waals surface area contributed by atoms with Crippen molar-refractivity contribution in [3.8, 4) is 0 Å². The summed E-state index contributed by atoms with van der Waals surface area (Å²) in [6.07, 6.45) is 5.59. The predicted octanol–water partition coefficient (Wildman–Crippen LogP) is 2.86. The number of nitrogens with zero attached hydrogens (tertiary/aromatic N) is 3. The van der Waals surface area contributed by atoms with Crippen LogP contribution in [-0.4, -0.2) is 93.6 Å². The zero-order chi connectivity index (χ0) is 27.9. The summed E-state index contributed by atoms with van der Waals surface area (Å²) in [5.74, 6) is -2.28. The van der Waals surface area contributed by atoms with Gasteiger partial charge in [-0.2, -0.15) is 0 Å². The summed E-state index contributed by atoms with van der Waals surface area (Å²) < 4.78 is 6.83. The van der Waals surface area contributed by atoms with Gasteiger partial charge in [0.25, 0.3) is 0 Å². The molecular formula is C29H47N3O5. The molecule has 37 heavy (non-hydrogen) atoms. The molecule has 0 aromatic rings. The molecule has 3 saturated heterocycles. The SMILES string of the molecule is C=CCN(C)C(=O)[C@H]1[C@H]2C(=O)N([C@@H](CO)C(C)C)C(C(=O)N(CC=C)C(C)CCC)C23CC(C)[C@]1(C)O3. The molecule has 8 nitrogen and oxygen atoms in total. The van der Waals surface area contributed by atoms with E-state index in [1.54, 1.807) is 33.9 Å². The third-order valence-electron chi connectivity index (χ3n) is 9.19. The first-order chi connectivity index (χ1) is 17.4. The van der Waals surface area contributed by atoms with Gasteiger partial charge in [-0.1, -0.05) is 46.3 Å². The van der Waals surface area contributed by atoms with E-state index in [0.717, 1.165) is 12.8 Å². The Morgan fingerprint density at radius 2 is 1.84 bits per heavy atom. The summed E-state index contributed by atoms with van der Waals surface area (Å²) in [7, 11) is 1.71. The number of amides is 3. The van der Waals surface area contributed by atoms with Crippen molar-refractivity contribution >= 4 is 17.7 Å². The van der Waals surface area contributed by atoms with Crippen LogP contribution in [0.1, 0.15) is 60.8 Å². The standard InChI is InChI=1S/C29H47N3O5/c1-10-13-20(7)31(15-12-3)27(36)24-29-16-19(6)28(8,37-29)22(25(34)30(9)14-11-2)23(29)26(35)32(24)21(17-33)18(4)5/h11-12,18-24,33H,2-3,10,13-17H2,1,4-9H3/t19?,20?,21-,22+,23-,24?,28-,29?/m0/s1. The Hall–Kier alpha value is -2.19. The van der Waals surface area contributed by atoms with Gasteiger partial charge in [0, 0.05) is 26.2 Å². The van der Waals surface area contributed by atoms with Crippen LogP contribution in [0.15, 0.2) is 25.3 Å². The van der Waals surface area contributed by atoms with Crippen molar-refractivity contribution in [1.82, 2.24) is 14.7 Å². The van der Waals surface area contributed by atoms with E-state index in [1.807, 2.05) is 34.6 Å². The molecule has 3 aliphatic rings. The fourth-order valence-corrected chi connectivity index (χ4v) is 7.19. The maximum absolute atomic E-state index is 14.5. The quantitative estimate of drug-likeness (QED) is 0.402. The van der Waals surface area contributed by atoms with E-state index in [2.05, 4.69) is 20.1 Å². The number of hydrogen-bond donors (Lipinski definition) is 1. The van der Waals surface area contributed by atoms with Gasteiger partial charge in [0.1, 0.15) is 11.6 Å². The number of carbonyl (C=O) groups is 3. The monoisotopic (exact) mass is 517 g/mol. The van der Waals surface area contributed by atoms with Gasteiger partial charge in [-0.25, -0.2) is 0 Å². The molecule has 1 N–H and O–H groups in total. The second-order valence-corrected chi connectivity index (χ2v) is 11.9. The summed E-state index contributed by atoms with van der Waals surface area (Å²) in [6, 6.07) is -1.55. The Morgan fingerprint density at radius 1 is 1.22 bits per heavy atom. The number of likely N-dealkylation sites (N-methyl/N-ethyl adjacent to an activating group) is 1. The first-order valence-electron chi connectivity index (χ1n) is 13.8. The molecule has 8 heteroatoms. The lowest BCUT2D eigenvalue weighted by atomic mass is 9.62. The molecule has 3 amide bonds. The van der Waals surface area contributed by atoms with E-state index >= 15 is 0 Å². The summed E-state index contributed by atoms with van der Waals surface area (Å²) in [4.78, 5) is 47.6. The van der Waals surface area contributed by atoms with E-state index in [-0.39, 0.29) is 42.2 Å². The van der Waals surface area contributed by atoms with E-state index in [1.165, 1.54) is 0 Å². The predicted molar refractivity (Wildman–Crippen MR) is 143 cm³/mol. The maximum Gasteiger partial charge on any atom is 0.248 e. The Kier molecular flexibility index (Phi) is 8.64. The summed E-state index contributed by atoms with van der Waals surface area (Å²) in [5.41, 5.74) is -2.01. The average molecular weight is 518 g/mol. The number of fused-ring (bicyclic) bond motifs is 1. The van der Waals surface area contributed by atoms with Crippen LogP contribution < -0.4 is 0 Å². The summed E-state index contributed by atoms with van der Waals surface area (Å²) in [6.45, 7) is 20.0. The van der Waals surface area contributed by atoms with E-state index in [0.29, 0.717) is 19.5 Å². The van der Waals surface area contributed by atoms with Crippen molar-refractivity contribution in [2.45, 2.75) is 90.1 Å². The second kappa shape index (κ2) is 10.9. The smallest absolute Gasteiger partial charge is 0.248 e. The van der Waals surface area contributed by atoms with Gasteiger partial charge < -0.3 is 24.5 Å². The zero-order valence-electron chi connectivity index (χ0n) is 23.8. The Labute approximate surface area is 222 Å². The van der Waals surface area contributed by atoms with Gasteiger partial charge in [0.15, 0.2) is 0 Å². The molecule has 208 valence electrons. The highest BCUT2D eigenvalue weighted by atomic mass is 16.5. The van der Waals surface area contributed by atoms with Crippen LogP contribution in [-0.2, 0) is 19.1 Å². The van der Waals surface area contributed by atoms with Crippen molar-refractivity contribution in [2.24, 2.45) is 23.7 Å². The highest BCUT2D eigenvalue weighted by Crippen LogP contribution is 2.66. The zero-order valence-corrected chi connectivity index (χ0v) is 23.8. The van der Waals surface area contributed by atoms with Gasteiger partial charge in [-0.15, -0.1) is 13.2 Å². The molecule has 3 rings (SSSR count). The fraction of sp³-hybridized carbons (Fsp3) is 0.759. The minimum atomic E-state index is -1.13.